The Morgan fingerprint density at radius 1 is 1.48 bits per heavy atom. The number of nitrogens with zero attached hydrogens (tertiary/aromatic N) is 3. The highest BCUT2D eigenvalue weighted by molar-refractivity contribution is 5.95. The number of hydrogen-bond acceptors (Lipinski definition) is 4. The number of hydrogen-bond donors (Lipinski definition) is 0. The van der Waals surface area contributed by atoms with Gasteiger partial charge in [0.05, 0.1) is 12.9 Å². The van der Waals surface area contributed by atoms with Crippen molar-refractivity contribution in [1.29, 1.82) is 0 Å². The van der Waals surface area contributed by atoms with E-state index in [0.29, 0.717) is 13.2 Å². The monoisotopic (exact) mass is 293 g/mol. The molecule has 116 valence electrons. The average molecular weight is 293 g/mol. The first-order valence-electron chi connectivity index (χ1n) is 7.51. The van der Waals surface area contributed by atoms with Gasteiger partial charge in [-0.3, -0.25) is 4.79 Å². The molecule has 1 fully saturated rings. The Balaban J connectivity index is 2.07. The number of imidazole rings is 1. The molecule has 2 heterocycles. The van der Waals surface area contributed by atoms with E-state index in [4.69, 9.17) is 4.74 Å². The van der Waals surface area contributed by atoms with E-state index >= 15 is 0 Å². The van der Waals surface area contributed by atoms with Crippen LogP contribution in [0.2, 0.25) is 0 Å². The summed E-state index contributed by atoms with van der Waals surface area (Å²) in [6.07, 6.45) is 5.30. The number of aryl methyl sites for hydroxylation is 1. The highest BCUT2D eigenvalue weighted by Crippen LogP contribution is 2.30. The zero-order chi connectivity index (χ0) is 15.4. The van der Waals surface area contributed by atoms with Gasteiger partial charge in [-0.2, -0.15) is 0 Å². The van der Waals surface area contributed by atoms with Crippen LogP contribution in [0, 0.1) is 11.8 Å². The van der Waals surface area contributed by atoms with E-state index in [2.05, 4.69) is 4.98 Å². The van der Waals surface area contributed by atoms with Gasteiger partial charge in [-0.15, -0.1) is 0 Å². The summed E-state index contributed by atoms with van der Waals surface area (Å²) in [6, 6.07) is 0. The lowest BCUT2D eigenvalue weighted by molar-refractivity contribution is -0.129. The highest BCUT2D eigenvalue weighted by Gasteiger charge is 2.42. The molecule has 1 aromatic heterocycles. The van der Waals surface area contributed by atoms with Crippen molar-refractivity contribution in [1.82, 2.24) is 14.5 Å². The molecule has 0 N–H and O–H groups in total. The normalized spacial score (nSPS) is 21.9. The predicted molar refractivity (Wildman–Crippen MR) is 77.5 cm³/mol. The van der Waals surface area contributed by atoms with Gasteiger partial charge in [0.2, 0.25) is 5.91 Å². The summed E-state index contributed by atoms with van der Waals surface area (Å²) in [5.74, 6) is -0.0908. The van der Waals surface area contributed by atoms with Gasteiger partial charge in [0.25, 0.3) is 0 Å². The number of rotatable bonds is 5. The fourth-order valence-electron chi connectivity index (χ4n) is 2.85. The van der Waals surface area contributed by atoms with E-state index in [1.54, 1.807) is 6.33 Å². The molecule has 1 aromatic rings. The van der Waals surface area contributed by atoms with Crippen molar-refractivity contribution in [3.05, 3.63) is 18.2 Å². The van der Waals surface area contributed by atoms with E-state index in [0.717, 1.165) is 25.0 Å². The second-order valence-electron chi connectivity index (χ2n) is 5.54. The maximum absolute atomic E-state index is 12.4. The minimum atomic E-state index is -0.507. The number of aromatic nitrogens is 2. The SMILES string of the molecule is CCCOC(=O)N1C[C@H](Cc2cncn2C)[C@@H](CC)C1=O. The lowest BCUT2D eigenvalue weighted by Gasteiger charge is -2.14. The van der Waals surface area contributed by atoms with Crippen molar-refractivity contribution in [2.45, 2.75) is 33.1 Å². The predicted octanol–water partition coefficient (Wildman–Crippen LogP) is 1.99. The van der Waals surface area contributed by atoms with Crippen LogP contribution in [0.4, 0.5) is 4.79 Å². The zero-order valence-electron chi connectivity index (χ0n) is 12.9. The molecular weight excluding hydrogens is 270 g/mol. The van der Waals surface area contributed by atoms with Gasteiger partial charge in [-0.25, -0.2) is 14.7 Å². The summed E-state index contributed by atoms with van der Waals surface area (Å²) in [5.41, 5.74) is 1.08. The molecule has 0 radical (unpaired) electrons. The van der Waals surface area contributed by atoms with Crippen LogP contribution in [0.1, 0.15) is 32.4 Å². The summed E-state index contributed by atoms with van der Waals surface area (Å²) in [5, 5.41) is 0. The van der Waals surface area contributed by atoms with Crippen LogP contribution in [0.25, 0.3) is 0 Å². The standard InChI is InChI=1S/C15H23N3O3/c1-4-6-21-15(20)18-9-11(13(5-2)14(18)19)7-12-8-16-10-17(12)3/h8,10-11,13H,4-7,9H2,1-3H3/t11-,13+/m0/s1. The summed E-state index contributed by atoms with van der Waals surface area (Å²) in [6.45, 7) is 4.70. The smallest absolute Gasteiger partial charge is 0.416 e. The second kappa shape index (κ2) is 6.74. The third kappa shape index (κ3) is 3.25. The molecule has 6 nitrogen and oxygen atoms in total. The Hall–Kier alpha value is -1.85. The molecule has 2 amide bonds. The zero-order valence-corrected chi connectivity index (χ0v) is 12.9. The first-order chi connectivity index (χ1) is 10.1. The Morgan fingerprint density at radius 2 is 2.24 bits per heavy atom. The van der Waals surface area contributed by atoms with Crippen LogP contribution < -0.4 is 0 Å². The molecule has 1 aliphatic rings. The lowest BCUT2D eigenvalue weighted by Crippen LogP contribution is -2.34. The summed E-state index contributed by atoms with van der Waals surface area (Å²) in [7, 11) is 1.94. The topological polar surface area (TPSA) is 64.4 Å². The quantitative estimate of drug-likeness (QED) is 0.833. The first-order valence-corrected chi connectivity index (χ1v) is 7.51. The van der Waals surface area contributed by atoms with Gasteiger partial charge < -0.3 is 9.30 Å². The summed E-state index contributed by atoms with van der Waals surface area (Å²) in [4.78, 5) is 29.7. The summed E-state index contributed by atoms with van der Waals surface area (Å²) >= 11 is 0. The molecule has 2 atom stereocenters. The molecule has 1 aliphatic heterocycles. The maximum atomic E-state index is 12.4. The Bertz CT molecular complexity index is 512. The van der Waals surface area contributed by atoms with Crippen molar-refractivity contribution < 1.29 is 14.3 Å². The van der Waals surface area contributed by atoms with E-state index in [-0.39, 0.29) is 17.7 Å². The van der Waals surface area contributed by atoms with Crippen molar-refractivity contribution in [3.8, 4) is 0 Å². The minimum Gasteiger partial charge on any atom is -0.449 e. The molecule has 0 spiro atoms. The number of ether oxygens (including phenoxy) is 1. The minimum absolute atomic E-state index is 0.106. The highest BCUT2D eigenvalue weighted by atomic mass is 16.6. The van der Waals surface area contributed by atoms with E-state index in [1.807, 2.05) is 31.7 Å². The lowest BCUT2D eigenvalue weighted by atomic mass is 9.89. The number of carbonyl (C=O) groups is 2. The molecular formula is C15H23N3O3. The molecule has 0 aliphatic carbocycles. The third-order valence-electron chi connectivity index (χ3n) is 4.05. The largest absolute Gasteiger partial charge is 0.449 e. The molecule has 1 saturated heterocycles. The van der Waals surface area contributed by atoms with Crippen molar-refractivity contribution >= 4 is 12.0 Å². The molecule has 0 bridgehead atoms. The fourth-order valence-corrected chi connectivity index (χ4v) is 2.85. The van der Waals surface area contributed by atoms with Gasteiger partial charge in [0, 0.05) is 31.4 Å². The van der Waals surface area contributed by atoms with Crippen molar-refractivity contribution in [3.63, 3.8) is 0 Å². The number of imide groups is 1. The summed E-state index contributed by atoms with van der Waals surface area (Å²) < 4.78 is 7.05. The fraction of sp³-hybridized carbons (Fsp3) is 0.667. The van der Waals surface area contributed by atoms with E-state index < -0.39 is 6.09 Å². The van der Waals surface area contributed by atoms with Crippen LogP contribution in [0.15, 0.2) is 12.5 Å². The Kier molecular flexibility index (Phi) is 4.98. The van der Waals surface area contributed by atoms with Crippen molar-refractivity contribution in [2.24, 2.45) is 18.9 Å². The number of likely N-dealkylation sites (tertiary alicyclic amines) is 1. The van der Waals surface area contributed by atoms with Crippen LogP contribution in [-0.2, 0) is 23.0 Å². The van der Waals surface area contributed by atoms with Gasteiger partial charge in [0.1, 0.15) is 0 Å². The maximum Gasteiger partial charge on any atom is 0.416 e. The van der Waals surface area contributed by atoms with Crippen LogP contribution in [-0.4, -0.2) is 39.6 Å². The second-order valence-corrected chi connectivity index (χ2v) is 5.54. The van der Waals surface area contributed by atoms with Crippen LogP contribution in [0.5, 0.6) is 0 Å². The molecule has 0 aromatic carbocycles. The Morgan fingerprint density at radius 3 is 2.81 bits per heavy atom. The van der Waals surface area contributed by atoms with Gasteiger partial charge in [-0.1, -0.05) is 13.8 Å². The van der Waals surface area contributed by atoms with Crippen molar-refractivity contribution in [2.75, 3.05) is 13.2 Å². The third-order valence-corrected chi connectivity index (χ3v) is 4.05. The van der Waals surface area contributed by atoms with Gasteiger partial charge >= 0.3 is 6.09 Å². The first kappa shape index (κ1) is 15.5. The van der Waals surface area contributed by atoms with Gasteiger partial charge in [-0.05, 0) is 25.2 Å². The average Bonchev–Trinajstić information content (AvgIpc) is 3.01. The van der Waals surface area contributed by atoms with Crippen LogP contribution >= 0.6 is 0 Å². The Labute approximate surface area is 125 Å². The van der Waals surface area contributed by atoms with Gasteiger partial charge in [0.15, 0.2) is 0 Å². The van der Waals surface area contributed by atoms with Crippen LogP contribution in [0.3, 0.4) is 0 Å². The number of carbonyl (C=O) groups excluding carboxylic acids is 2. The molecule has 0 saturated carbocycles. The number of amides is 2. The molecule has 6 heteroatoms. The molecule has 0 unspecified atom stereocenters. The molecule has 21 heavy (non-hydrogen) atoms. The molecule has 2 rings (SSSR count). The van der Waals surface area contributed by atoms with E-state index in [9.17, 15) is 9.59 Å². The van der Waals surface area contributed by atoms with E-state index in [1.165, 1.54) is 4.90 Å².